The van der Waals surface area contributed by atoms with Crippen LogP contribution in [0.3, 0.4) is 0 Å². The van der Waals surface area contributed by atoms with E-state index in [1.165, 1.54) is 68.3 Å². The molecule has 3 aromatic heterocycles. The maximum absolute atomic E-state index is 5.64. The highest BCUT2D eigenvalue weighted by Gasteiger charge is 2.51. The Kier molecular flexibility index (Phi) is 7.12. The van der Waals surface area contributed by atoms with Crippen molar-refractivity contribution in [3.8, 4) is 39.6 Å². The number of nitrogens with zero attached hydrogens (tertiary/aromatic N) is 3. The smallest absolute Gasteiger partial charge is 0.185 e. The van der Waals surface area contributed by atoms with Gasteiger partial charge in [-0.25, -0.2) is 9.97 Å². The van der Waals surface area contributed by atoms with Crippen LogP contribution in [0.4, 0.5) is 0 Å². The van der Waals surface area contributed by atoms with Gasteiger partial charge in [0, 0.05) is 58.5 Å². The highest BCUT2D eigenvalue weighted by atomic mass is 32.1. The first kappa shape index (κ1) is 32.3. The lowest BCUT2D eigenvalue weighted by molar-refractivity contribution is 1.17. The zero-order valence-electron chi connectivity index (χ0n) is 30.8. The number of fused-ring (bicyclic) bond motifs is 10. The zero-order chi connectivity index (χ0) is 37.5. The van der Waals surface area contributed by atoms with Crippen LogP contribution in [0.2, 0.25) is 0 Å². The fourth-order valence-corrected chi connectivity index (χ4v) is 16.0. The molecule has 0 fully saturated rings. The predicted molar refractivity (Wildman–Crippen MR) is 243 cm³/mol. The Labute approximate surface area is 334 Å². The van der Waals surface area contributed by atoms with Gasteiger partial charge in [-0.05, 0) is 45.9 Å². The molecule has 11 aromatic rings. The molecule has 0 atom stereocenters. The number of para-hydroxylation sites is 1. The van der Waals surface area contributed by atoms with E-state index in [0.717, 1.165) is 34.0 Å². The van der Waals surface area contributed by atoms with Crippen molar-refractivity contribution in [1.82, 2.24) is 14.5 Å². The van der Waals surface area contributed by atoms with Gasteiger partial charge in [-0.2, -0.15) is 0 Å². The Hall–Kier alpha value is -6.92. The van der Waals surface area contributed by atoms with Crippen molar-refractivity contribution in [2.75, 3.05) is 0 Å². The summed E-state index contributed by atoms with van der Waals surface area (Å²) in [5.41, 5.74) is 8.80. The molecule has 0 radical (unpaired) electrons. The number of benzene rings is 8. The van der Waals surface area contributed by atoms with Crippen LogP contribution in [0.15, 0.2) is 200 Å². The fraction of sp³-hybridized carbons (Fsp3) is 0. The van der Waals surface area contributed by atoms with E-state index in [9.17, 15) is 0 Å². The van der Waals surface area contributed by atoms with Crippen molar-refractivity contribution in [2.24, 2.45) is 0 Å². The second kappa shape index (κ2) is 12.5. The molecular weight excluding hydrogens is 727 g/mol. The number of hydrogen-bond acceptors (Lipinski definition) is 3. The van der Waals surface area contributed by atoms with E-state index in [0.29, 0.717) is 0 Å². The summed E-state index contributed by atoms with van der Waals surface area (Å²) in [7, 11) is -2.93. The lowest BCUT2D eigenvalue weighted by Crippen LogP contribution is -2.73. The van der Waals surface area contributed by atoms with Gasteiger partial charge in [-0.15, -0.1) is 11.3 Å². The van der Waals surface area contributed by atoms with E-state index in [2.05, 4.69) is 205 Å². The van der Waals surface area contributed by atoms with Crippen LogP contribution < -0.4 is 20.7 Å². The minimum Gasteiger partial charge on any atom is -0.309 e. The van der Waals surface area contributed by atoms with Gasteiger partial charge in [0.05, 0.1) is 22.4 Å². The first-order valence-corrected chi connectivity index (χ1v) is 22.2. The van der Waals surface area contributed by atoms with Crippen molar-refractivity contribution < 1.29 is 0 Å². The number of rotatable bonds is 5. The molecule has 1 aliphatic rings. The van der Waals surface area contributed by atoms with Gasteiger partial charge in [-0.1, -0.05) is 170 Å². The second-order valence-electron chi connectivity index (χ2n) is 14.9. The van der Waals surface area contributed by atoms with Gasteiger partial charge in [-0.3, -0.25) is 0 Å². The Balaban J connectivity index is 1.18. The van der Waals surface area contributed by atoms with E-state index in [4.69, 9.17) is 9.97 Å². The van der Waals surface area contributed by atoms with Crippen LogP contribution in [0.25, 0.3) is 81.6 Å². The minimum atomic E-state index is -2.93. The van der Waals surface area contributed by atoms with Crippen molar-refractivity contribution in [3.63, 3.8) is 0 Å². The lowest BCUT2D eigenvalue weighted by Gasteiger charge is -2.32. The van der Waals surface area contributed by atoms with E-state index in [-0.39, 0.29) is 0 Å². The summed E-state index contributed by atoms with van der Waals surface area (Å²) < 4.78 is 5.10. The number of aromatic nitrogens is 3. The Morgan fingerprint density at radius 1 is 0.456 bits per heavy atom. The monoisotopic (exact) mass is 759 g/mol. The molecule has 3 nitrogen and oxygen atoms in total. The van der Waals surface area contributed by atoms with Crippen LogP contribution in [0.5, 0.6) is 0 Å². The van der Waals surface area contributed by atoms with E-state index in [1.807, 2.05) is 11.3 Å². The van der Waals surface area contributed by atoms with Crippen molar-refractivity contribution >= 4 is 82.1 Å². The van der Waals surface area contributed by atoms with Crippen LogP contribution >= 0.6 is 11.3 Å². The summed E-state index contributed by atoms with van der Waals surface area (Å²) in [4.78, 5) is 11.2. The molecule has 0 aliphatic carbocycles. The van der Waals surface area contributed by atoms with Crippen molar-refractivity contribution in [3.05, 3.63) is 200 Å². The third-order valence-corrected chi connectivity index (χ3v) is 17.9. The van der Waals surface area contributed by atoms with Gasteiger partial charge >= 0.3 is 0 Å². The molecule has 1 aliphatic heterocycles. The summed E-state index contributed by atoms with van der Waals surface area (Å²) in [6, 6.07) is 73.0. The van der Waals surface area contributed by atoms with Crippen LogP contribution in [0, 0.1) is 0 Å². The standard InChI is InChI=1S/C52H33N3SSi/c1-4-17-34(18-5-1)52-53-48(51-49(54-52)42-27-12-15-30-46(42)57(51,37-21-6-2-7-22-37)38-23-8-3-9-24-38)35-19-16-20-36(33-35)55-43-28-13-10-26-41(43)47-44(55)32-31-40-39-25-11-14-29-45(39)56-50(40)47/h1-33H. The molecule has 5 heteroatoms. The maximum atomic E-state index is 5.64. The summed E-state index contributed by atoms with van der Waals surface area (Å²) in [6.45, 7) is 0. The molecule has 12 rings (SSSR count). The van der Waals surface area contributed by atoms with Gasteiger partial charge in [0.2, 0.25) is 0 Å². The maximum Gasteiger partial charge on any atom is 0.185 e. The highest BCUT2D eigenvalue weighted by molar-refractivity contribution is 7.26. The largest absolute Gasteiger partial charge is 0.309 e. The zero-order valence-corrected chi connectivity index (χ0v) is 32.6. The summed E-state index contributed by atoms with van der Waals surface area (Å²) in [5, 5.41) is 10.4. The number of hydrogen-bond donors (Lipinski definition) is 0. The molecule has 0 saturated heterocycles. The van der Waals surface area contributed by atoms with E-state index < -0.39 is 8.07 Å². The Bertz CT molecular complexity index is 3310. The van der Waals surface area contributed by atoms with Crippen LogP contribution in [-0.2, 0) is 0 Å². The first-order valence-electron chi connectivity index (χ1n) is 19.4. The summed E-state index contributed by atoms with van der Waals surface area (Å²) in [6.07, 6.45) is 0. The van der Waals surface area contributed by atoms with Gasteiger partial charge in [0.15, 0.2) is 13.9 Å². The molecule has 0 spiro atoms. The molecule has 8 aromatic carbocycles. The van der Waals surface area contributed by atoms with Gasteiger partial charge < -0.3 is 4.57 Å². The average Bonchev–Trinajstić information content (AvgIpc) is 3.94. The molecular formula is C52H33N3SSi. The van der Waals surface area contributed by atoms with Gasteiger partial charge in [0.1, 0.15) is 0 Å². The van der Waals surface area contributed by atoms with Gasteiger partial charge in [0.25, 0.3) is 0 Å². The SMILES string of the molecule is c1ccc(-c2nc(-c3cccc(-n4c5ccccc5c5c6sc7ccccc7c6ccc54)c3)c3c(n2)-c2ccccc2[Si]3(c2ccccc2)c2ccccc2)cc1. The summed E-state index contributed by atoms with van der Waals surface area (Å²) in [5.74, 6) is 0.736. The lowest BCUT2D eigenvalue weighted by atomic mass is 10.1. The third kappa shape index (κ3) is 4.64. The topological polar surface area (TPSA) is 30.7 Å². The van der Waals surface area contributed by atoms with E-state index in [1.54, 1.807) is 0 Å². The predicted octanol–water partition coefficient (Wildman–Crippen LogP) is 10.6. The van der Waals surface area contributed by atoms with E-state index >= 15 is 0 Å². The Morgan fingerprint density at radius 2 is 1.09 bits per heavy atom. The molecule has 0 amide bonds. The van der Waals surface area contributed by atoms with Crippen LogP contribution in [-0.4, -0.2) is 22.6 Å². The molecule has 0 bridgehead atoms. The molecule has 0 saturated carbocycles. The average molecular weight is 760 g/mol. The first-order chi connectivity index (χ1) is 28.3. The third-order valence-electron chi connectivity index (χ3n) is 11.9. The molecule has 57 heavy (non-hydrogen) atoms. The van der Waals surface area contributed by atoms with Crippen LogP contribution in [0.1, 0.15) is 0 Å². The molecule has 266 valence electrons. The molecule has 0 N–H and O–H groups in total. The van der Waals surface area contributed by atoms with Crippen molar-refractivity contribution in [2.45, 2.75) is 0 Å². The second-order valence-corrected chi connectivity index (χ2v) is 19.6. The summed E-state index contributed by atoms with van der Waals surface area (Å²) >= 11 is 1.89. The molecule has 0 unspecified atom stereocenters. The normalized spacial score (nSPS) is 13.1. The molecule has 4 heterocycles. The Morgan fingerprint density at radius 3 is 1.88 bits per heavy atom. The minimum absolute atomic E-state index is 0.736. The fourth-order valence-electron chi connectivity index (χ4n) is 9.54. The quantitative estimate of drug-likeness (QED) is 0.164. The number of thiophene rings is 1. The highest BCUT2D eigenvalue weighted by Crippen LogP contribution is 2.43. The van der Waals surface area contributed by atoms with Crippen molar-refractivity contribution in [1.29, 1.82) is 0 Å².